The van der Waals surface area contributed by atoms with Crippen LogP contribution in [0.25, 0.3) is 0 Å². The van der Waals surface area contributed by atoms with E-state index in [2.05, 4.69) is 27.5 Å². The summed E-state index contributed by atoms with van der Waals surface area (Å²) in [7, 11) is 2.25. The first-order valence-corrected chi connectivity index (χ1v) is 6.75. The van der Waals surface area contributed by atoms with Crippen LogP contribution in [0.5, 0.6) is 0 Å². The Hall–Kier alpha value is -1.36. The highest BCUT2D eigenvalue weighted by Gasteiger charge is 2.35. The normalized spacial score (nSPS) is 32.2. The molecule has 5 heteroatoms. The molecule has 1 aromatic rings. The average molecular weight is 248 g/mol. The Morgan fingerprint density at radius 3 is 2.78 bits per heavy atom. The van der Waals surface area contributed by atoms with Crippen molar-refractivity contribution in [2.24, 2.45) is 0 Å². The molecule has 0 aromatic carbocycles. The van der Waals surface area contributed by atoms with Gasteiger partial charge >= 0.3 is 0 Å². The zero-order valence-corrected chi connectivity index (χ0v) is 10.7. The summed E-state index contributed by atoms with van der Waals surface area (Å²) in [6.07, 6.45) is 7.99. The zero-order valence-electron chi connectivity index (χ0n) is 10.7. The number of rotatable bonds is 2. The van der Waals surface area contributed by atoms with E-state index in [4.69, 9.17) is 0 Å². The second-order valence-electron chi connectivity index (χ2n) is 5.55. The SMILES string of the molecule is CN1C2CCCC1CC(Nc1cn[nH]c(=O)c1)C2. The molecule has 18 heavy (non-hydrogen) atoms. The van der Waals surface area contributed by atoms with Gasteiger partial charge in [0.15, 0.2) is 0 Å². The van der Waals surface area contributed by atoms with Crippen molar-refractivity contribution >= 4 is 5.69 Å². The van der Waals surface area contributed by atoms with Gasteiger partial charge in [-0.15, -0.1) is 0 Å². The van der Waals surface area contributed by atoms with Gasteiger partial charge in [-0.05, 0) is 32.7 Å². The molecule has 0 spiro atoms. The lowest BCUT2D eigenvalue weighted by Crippen LogP contribution is -2.52. The standard InChI is InChI=1S/C13H20N4O/c1-17-11-3-2-4-12(17)6-9(5-11)15-10-7-13(18)16-14-8-10/h7-9,11-12H,2-6H2,1H3,(H2,15,16,18). The first-order chi connectivity index (χ1) is 8.72. The van der Waals surface area contributed by atoms with E-state index in [1.165, 1.54) is 32.1 Å². The molecule has 3 rings (SSSR count). The fourth-order valence-electron chi connectivity index (χ4n) is 3.42. The van der Waals surface area contributed by atoms with E-state index in [0.717, 1.165) is 5.69 Å². The minimum Gasteiger partial charge on any atom is -0.381 e. The van der Waals surface area contributed by atoms with Crippen molar-refractivity contribution in [3.05, 3.63) is 22.6 Å². The lowest BCUT2D eigenvalue weighted by molar-refractivity contribution is 0.0608. The number of hydrogen-bond donors (Lipinski definition) is 2. The number of anilines is 1. The van der Waals surface area contributed by atoms with Crippen LogP contribution in [0.3, 0.4) is 0 Å². The van der Waals surface area contributed by atoms with Gasteiger partial charge in [-0.3, -0.25) is 4.79 Å². The Balaban J connectivity index is 1.69. The summed E-state index contributed by atoms with van der Waals surface area (Å²) < 4.78 is 0. The van der Waals surface area contributed by atoms with Gasteiger partial charge in [-0.25, -0.2) is 5.10 Å². The van der Waals surface area contributed by atoms with Gasteiger partial charge in [0.2, 0.25) is 0 Å². The first kappa shape index (κ1) is 11.7. The van der Waals surface area contributed by atoms with E-state index < -0.39 is 0 Å². The summed E-state index contributed by atoms with van der Waals surface area (Å²) in [6, 6.07) is 3.45. The summed E-state index contributed by atoms with van der Waals surface area (Å²) >= 11 is 0. The van der Waals surface area contributed by atoms with Crippen molar-refractivity contribution in [3.63, 3.8) is 0 Å². The molecule has 2 atom stereocenters. The van der Waals surface area contributed by atoms with Gasteiger partial charge in [0.1, 0.15) is 0 Å². The highest BCUT2D eigenvalue weighted by molar-refractivity contribution is 5.40. The van der Waals surface area contributed by atoms with Gasteiger partial charge in [0.25, 0.3) is 5.56 Å². The molecule has 2 unspecified atom stereocenters. The van der Waals surface area contributed by atoms with E-state index in [0.29, 0.717) is 18.1 Å². The molecule has 3 heterocycles. The number of nitrogens with one attached hydrogen (secondary N) is 2. The molecule has 0 aliphatic carbocycles. The number of nitrogens with zero attached hydrogens (tertiary/aromatic N) is 2. The average Bonchev–Trinajstić information content (AvgIpc) is 2.30. The quantitative estimate of drug-likeness (QED) is 0.825. The van der Waals surface area contributed by atoms with E-state index in [-0.39, 0.29) is 5.56 Å². The Bertz CT molecular complexity index is 458. The molecule has 0 saturated carbocycles. The molecule has 2 bridgehead atoms. The van der Waals surface area contributed by atoms with Crippen LogP contribution in [0, 0.1) is 0 Å². The molecule has 2 fully saturated rings. The van der Waals surface area contributed by atoms with E-state index >= 15 is 0 Å². The summed E-state index contributed by atoms with van der Waals surface area (Å²) in [5.41, 5.74) is 0.694. The Labute approximate surface area is 107 Å². The summed E-state index contributed by atoms with van der Waals surface area (Å²) in [5, 5.41) is 9.69. The summed E-state index contributed by atoms with van der Waals surface area (Å²) in [5.74, 6) is 0. The number of aromatic amines is 1. The van der Waals surface area contributed by atoms with Crippen molar-refractivity contribution in [2.45, 2.75) is 50.2 Å². The molecule has 1 aromatic heterocycles. The number of H-pyrrole nitrogens is 1. The third-order valence-electron chi connectivity index (χ3n) is 4.38. The van der Waals surface area contributed by atoms with Gasteiger partial charge < -0.3 is 10.2 Å². The van der Waals surface area contributed by atoms with Crippen molar-refractivity contribution in [2.75, 3.05) is 12.4 Å². The fourth-order valence-corrected chi connectivity index (χ4v) is 3.42. The second kappa shape index (κ2) is 4.72. The van der Waals surface area contributed by atoms with Crippen LogP contribution >= 0.6 is 0 Å². The van der Waals surface area contributed by atoms with Crippen LogP contribution in [-0.4, -0.2) is 40.3 Å². The maximum Gasteiger partial charge on any atom is 0.266 e. The maximum absolute atomic E-state index is 11.2. The fraction of sp³-hybridized carbons (Fsp3) is 0.692. The van der Waals surface area contributed by atoms with Gasteiger partial charge in [-0.1, -0.05) is 6.42 Å². The second-order valence-corrected chi connectivity index (χ2v) is 5.55. The Kier molecular flexibility index (Phi) is 3.07. The van der Waals surface area contributed by atoms with Gasteiger partial charge in [0.05, 0.1) is 11.9 Å². The molecule has 2 N–H and O–H groups in total. The molecule has 2 saturated heterocycles. The largest absolute Gasteiger partial charge is 0.381 e. The number of aromatic nitrogens is 2. The number of fused-ring (bicyclic) bond motifs is 2. The molecule has 98 valence electrons. The third kappa shape index (κ3) is 2.27. The molecule has 2 aliphatic rings. The Morgan fingerprint density at radius 1 is 1.39 bits per heavy atom. The van der Waals surface area contributed by atoms with Crippen molar-refractivity contribution < 1.29 is 0 Å². The van der Waals surface area contributed by atoms with Crippen molar-refractivity contribution in [3.8, 4) is 0 Å². The van der Waals surface area contributed by atoms with Gasteiger partial charge in [-0.2, -0.15) is 5.10 Å². The van der Waals surface area contributed by atoms with E-state index in [1.54, 1.807) is 12.3 Å². The Morgan fingerprint density at radius 2 is 2.11 bits per heavy atom. The molecule has 0 radical (unpaired) electrons. The summed E-state index contributed by atoms with van der Waals surface area (Å²) in [4.78, 5) is 13.8. The zero-order chi connectivity index (χ0) is 12.5. The van der Waals surface area contributed by atoms with Crippen LogP contribution in [0.2, 0.25) is 0 Å². The maximum atomic E-state index is 11.2. The monoisotopic (exact) mass is 248 g/mol. The highest BCUT2D eigenvalue weighted by atomic mass is 16.1. The smallest absolute Gasteiger partial charge is 0.266 e. The first-order valence-electron chi connectivity index (χ1n) is 6.75. The van der Waals surface area contributed by atoms with Crippen LogP contribution in [0.1, 0.15) is 32.1 Å². The molecule has 0 amide bonds. The van der Waals surface area contributed by atoms with E-state index in [1.807, 2.05) is 0 Å². The van der Waals surface area contributed by atoms with Crippen LogP contribution in [-0.2, 0) is 0 Å². The predicted octanol–water partition coefficient (Wildman–Crippen LogP) is 1.20. The predicted molar refractivity (Wildman–Crippen MR) is 70.7 cm³/mol. The van der Waals surface area contributed by atoms with Gasteiger partial charge in [0, 0.05) is 24.2 Å². The molecule has 2 aliphatic heterocycles. The topological polar surface area (TPSA) is 61.0 Å². The summed E-state index contributed by atoms with van der Waals surface area (Å²) in [6.45, 7) is 0. The number of hydrogen-bond acceptors (Lipinski definition) is 4. The minimum atomic E-state index is -0.145. The lowest BCUT2D eigenvalue weighted by atomic mass is 9.82. The number of piperidine rings is 2. The highest BCUT2D eigenvalue weighted by Crippen LogP contribution is 2.33. The van der Waals surface area contributed by atoms with Crippen LogP contribution in [0.15, 0.2) is 17.1 Å². The lowest BCUT2D eigenvalue weighted by Gasteiger charge is -2.47. The van der Waals surface area contributed by atoms with Crippen LogP contribution < -0.4 is 10.9 Å². The van der Waals surface area contributed by atoms with Crippen LogP contribution in [0.4, 0.5) is 5.69 Å². The van der Waals surface area contributed by atoms with E-state index in [9.17, 15) is 4.79 Å². The van der Waals surface area contributed by atoms with Crippen molar-refractivity contribution in [1.82, 2.24) is 15.1 Å². The molecular formula is C13H20N4O. The molecular weight excluding hydrogens is 228 g/mol. The minimum absolute atomic E-state index is 0.145. The van der Waals surface area contributed by atoms with Crippen molar-refractivity contribution in [1.29, 1.82) is 0 Å². The molecule has 5 nitrogen and oxygen atoms in total. The third-order valence-corrected chi connectivity index (χ3v) is 4.38.